The standard InChI is InChI=1S/C20H19N3O2S/c1-12-3-8-15-16(9-12)26-18(23-15)13-4-6-14(7-5-13)22-19(25)20(2)10-17(24)21-11-20/h3-9H,10-11H2,1-2H3,(H,21,24)(H,22,25). The number of carbonyl (C=O) groups is 2. The van der Waals surface area contributed by atoms with Crippen molar-refractivity contribution in [3.63, 3.8) is 0 Å². The first-order valence-electron chi connectivity index (χ1n) is 8.49. The van der Waals surface area contributed by atoms with Crippen molar-refractivity contribution in [2.75, 3.05) is 11.9 Å². The van der Waals surface area contributed by atoms with Gasteiger partial charge in [-0.1, -0.05) is 6.07 Å². The molecule has 132 valence electrons. The van der Waals surface area contributed by atoms with E-state index < -0.39 is 5.41 Å². The van der Waals surface area contributed by atoms with Gasteiger partial charge < -0.3 is 10.6 Å². The molecule has 0 aliphatic carbocycles. The van der Waals surface area contributed by atoms with Crippen molar-refractivity contribution < 1.29 is 9.59 Å². The lowest BCUT2D eigenvalue weighted by Gasteiger charge is -2.20. The van der Waals surface area contributed by atoms with Crippen molar-refractivity contribution in [1.82, 2.24) is 10.3 Å². The van der Waals surface area contributed by atoms with Gasteiger partial charge in [0, 0.05) is 24.2 Å². The number of aryl methyl sites for hydroxylation is 1. The molecule has 1 unspecified atom stereocenters. The number of carbonyl (C=O) groups excluding carboxylic acids is 2. The van der Waals surface area contributed by atoms with Crippen molar-refractivity contribution in [3.05, 3.63) is 48.0 Å². The third kappa shape index (κ3) is 3.08. The van der Waals surface area contributed by atoms with Gasteiger partial charge in [-0.15, -0.1) is 11.3 Å². The highest BCUT2D eigenvalue weighted by molar-refractivity contribution is 7.21. The second kappa shape index (κ2) is 6.21. The summed E-state index contributed by atoms with van der Waals surface area (Å²) in [5.41, 5.74) is 3.26. The van der Waals surface area contributed by atoms with Gasteiger partial charge >= 0.3 is 0 Å². The fourth-order valence-corrected chi connectivity index (χ4v) is 4.14. The minimum absolute atomic E-state index is 0.0796. The molecule has 1 aliphatic rings. The monoisotopic (exact) mass is 365 g/mol. The zero-order valence-electron chi connectivity index (χ0n) is 14.6. The fraction of sp³-hybridized carbons (Fsp3) is 0.250. The third-order valence-electron chi connectivity index (χ3n) is 4.71. The number of benzene rings is 2. The van der Waals surface area contributed by atoms with Gasteiger partial charge in [-0.25, -0.2) is 4.98 Å². The Hall–Kier alpha value is -2.73. The van der Waals surface area contributed by atoms with Crippen molar-refractivity contribution in [1.29, 1.82) is 0 Å². The predicted octanol–water partition coefficient (Wildman–Crippen LogP) is 3.74. The number of fused-ring (bicyclic) bond motifs is 1. The number of hydrogen-bond acceptors (Lipinski definition) is 4. The molecule has 4 rings (SSSR count). The van der Waals surface area contributed by atoms with E-state index in [9.17, 15) is 9.59 Å². The summed E-state index contributed by atoms with van der Waals surface area (Å²) >= 11 is 1.66. The Morgan fingerprint density at radius 1 is 1.23 bits per heavy atom. The molecule has 2 N–H and O–H groups in total. The highest BCUT2D eigenvalue weighted by atomic mass is 32.1. The van der Waals surface area contributed by atoms with Gasteiger partial charge in [-0.05, 0) is 55.8 Å². The van der Waals surface area contributed by atoms with Gasteiger partial charge in [0.25, 0.3) is 0 Å². The van der Waals surface area contributed by atoms with Crippen LogP contribution in [0.15, 0.2) is 42.5 Å². The van der Waals surface area contributed by atoms with Crippen molar-refractivity contribution >= 4 is 39.1 Å². The van der Waals surface area contributed by atoms with Crippen LogP contribution in [0.2, 0.25) is 0 Å². The first kappa shape index (κ1) is 16.7. The summed E-state index contributed by atoms with van der Waals surface area (Å²) in [5.74, 6) is -0.219. The normalized spacial score (nSPS) is 19.5. The van der Waals surface area contributed by atoms with Gasteiger partial charge in [0.05, 0.1) is 15.6 Å². The lowest BCUT2D eigenvalue weighted by atomic mass is 9.88. The molecule has 2 heterocycles. The zero-order chi connectivity index (χ0) is 18.3. The highest BCUT2D eigenvalue weighted by Crippen LogP contribution is 2.32. The summed E-state index contributed by atoms with van der Waals surface area (Å²) < 4.78 is 1.17. The summed E-state index contributed by atoms with van der Waals surface area (Å²) in [6.07, 6.45) is 0.224. The summed E-state index contributed by atoms with van der Waals surface area (Å²) in [7, 11) is 0. The second-order valence-corrected chi connectivity index (χ2v) is 8.07. The highest BCUT2D eigenvalue weighted by Gasteiger charge is 2.40. The van der Waals surface area contributed by atoms with Gasteiger partial charge in [0.2, 0.25) is 11.8 Å². The van der Waals surface area contributed by atoms with Crippen LogP contribution in [0.4, 0.5) is 5.69 Å². The molecule has 1 aliphatic heterocycles. The van der Waals surface area contributed by atoms with Crippen LogP contribution in [-0.2, 0) is 9.59 Å². The molecule has 1 aromatic heterocycles. The fourth-order valence-electron chi connectivity index (χ4n) is 3.07. The van der Waals surface area contributed by atoms with E-state index in [1.165, 1.54) is 10.3 Å². The second-order valence-electron chi connectivity index (χ2n) is 7.04. The molecule has 26 heavy (non-hydrogen) atoms. The lowest BCUT2D eigenvalue weighted by Crippen LogP contribution is -2.35. The van der Waals surface area contributed by atoms with E-state index in [-0.39, 0.29) is 18.2 Å². The quantitative estimate of drug-likeness (QED) is 0.743. The van der Waals surface area contributed by atoms with Crippen LogP contribution in [0.25, 0.3) is 20.8 Å². The molecule has 3 aromatic rings. The van der Waals surface area contributed by atoms with Crippen LogP contribution in [0, 0.1) is 12.3 Å². The molecular weight excluding hydrogens is 346 g/mol. The van der Waals surface area contributed by atoms with Gasteiger partial charge in [0.1, 0.15) is 5.01 Å². The van der Waals surface area contributed by atoms with Crippen LogP contribution in [0.1, 0.15) is 18.9 Å². The summed E-state index contributed by atoms with van der Waals surface area (Å²) in [6, 6.07) is 13.9. The number of anilines is 1. The number of nitrogens with zero attached hydrogens (tertiary/aromatic N) is 1. The van der Waals surface area contributed by atoms with Crippen LogP contribution in [0.5, 0.6) is 0 Å². The Bertz CT molecular complexity index is 1010. The average molecular weight is 365 g/mol. The topological polar surface area (TPSA) is 71.1 Å². The molecule has 0 saturated carbocycles. The molecule has 1 atom stereocenters. The van der Waals surface area contributed by atoms with E-state index in [4.69, 9.17) is 0 Å². The molecule has 5 nitrogen and oxygen atoms in total. The van der Waals surface area contributed by atoms with Gasteiger partial charge in [-0.3, -0.25) is 9.59 Å². The first-order chi connectivity index (χ1) is 12.4. The number of aromatic nitrogens is 1. The molecule has 0 bridgehead atoms. The number of thiazole rings is 1. The number of rotatable bonds is 3. The van der Waals surface area contributed by atoms with E-state index in [2.05, 4.69) is 34.7 Å². The maximum Gasteiger partial charge on any atom is 0.232 e. The Morgan fingerprint density at radius 2 is 2.00 bits per heavy atom. The van der Waals surface area contributed by atoms with Crippen molar-refractivity contribution in [2.24, 2.45) is 5.41 Å². The first-order valence-corrected chi connectivity index (χ1v) is 9.30. The number of nitrogens with one attached hydrogen (secondary N) is 2. The Balaban J connectivity index is 1.52. The van der Waals surface area contributed by atoms with Gasteiger partial charge in [-0.2, -0.15) is 0 Å². The van der Waals surface area contributed by atoms with E-state index >= 15 is 0 Å². The largest absolute Gasteiger partial charge is 0.355 e. The van der Waals surface area contributed by atoms with E-state index in [1.807, 2.05) is 30.3 Å². The molecule has 2 aromatic carbocycles. The van der Waals surface area contributed by atoms with E-state index in [0.29, 0.717) is 6.54 Å². The SMILES string of the molecule is Cc1ccc2nc(-c3ccc(NC(=O)C4(C)CNC(=O)C4)cc3)sc2c1. The average Bonchev–Trinajstić information content (AvgIpc) is 3.19. The molecular formula is C20H19N3O2S. The number of hydrogen-bond donors (Lipinski definition) is 2. The van der Waals surface area contributed by atoms with Crippen LogP contribution >= 0.6 is 11.3 Å². The van der Waals surface area contributed by atoms with E-state index in [1.54, 1.807) is 18.3 Å². The molecule has 1 saturated heterocycles. The lowest BCUT2D eigenvalue weighted by molar-refractivity contribution is -0.126. The Labute approximate surface area is 155 Å². The minimum Gasteiger partial charge on any atom is -0.355 e. The van der Waals surface area contributed by atoms with Crippen LogP contribution in [-0.4, -0.2) is 23.3 Å². The van der Waals surface area contributed by atoms with Crippen molar-refractivity contribution in [3.8, 4) is 10.6 Å². The van der Waals surface area contributed by atoms with E-state index in [0.717, 1.165) is 21.8 Å². The van der Waals surface area contributed by atoms with Crippen LogP contribution < -0.4 is 10.6 Å². The van der Waals surface area contributed by atoms with Crippen LogP contribution in [0.3, 0.4) is 0 Å². The molecule has 2 amide bonds. The predicted molar refractivity (Wildman–Crippen MR) is 104 cm³/mol. The maximum absolute atomic E-state index is 12.5. The maximum atomic E-state index is 12.5. The van der Waals surface area contributed by atoms with Gasteiger partial charge in [0.15, 0.2) is 0 Å². The minimum atomic E-state index is -0.694. The summed E-state index contributed by atoms with van der Waals surface area (Å²) in [4.78, 5) is 28.6. The summed E-state index contributed by atoms with van der Waals surface area (Å²) in [6.45, 7) is 4.25. The zero-order valence-corrected chi connectivity index (χ0v) is 15.4. The van der Waals surface area contributed by atoms with Crippen molar-refractivity contribution in [2.45, 2.75) is 20.3 Å². The summed E-state index contributed by atoms with van der Waals surface area (Å²) in [5, 5.41) is 6.59. The molecule has 0 spiro atoms. The molecule has 1 fully saturated rings. The number of amides is 2. The third-order valence-corrected chi connectivity index (χ3v) is 5.78. The molecule has 0 radical (unpaired) electrons. The Morgan fingerprint density at radius 3 is 2.69 bits per heavy atom. The smallest absolute Gasteiger partial charge is 0.232 e. The Kier molecular flexibility index (Phi) is 4.00. The molecule has 6 heteroatoms.